The maximum absolute atomic E-state index is 12.8. The topological polar surface area (TPSA) is 77.0 Å². The first-order valence-corrected chi connectivity index (χ1v) is 12.2. The summed E-state index contributed by atoms with van der Waals surface area (Å²) in [6, 6.07) is 8.66. The molecule has 4 rings (SSSR count). The van der Waals surface area contributed by atoms with Crippen LogP contribution in [-0.4, -0.2) is 60.3 Å². The third kappa shape index (κ3) is 5.81. The first kappa shape index (κ1) is 22.6. The van der Waals surface area contributed by atoms with Crippen molar-refractivity contribution in [1.82, 2.24) is 20.4 Å². The molecule has 1 atom stereocenters. The van der Waals surface area contributed by atoms with Crippen LogP contribution < -0.4 is 10.6 Å². The molecule has 7 heteroatoms. The zero-order valence-corrected chi connectivity index (χ0v) is 19.3. The standard InChI is InChI=1S/C25H37N5O2/c1-26-25(28-22-13-15-30(18-22)24(32)21-6-3-2-4-7-21)27-16-19-9-11-20(12-10-19)17-29-14-5-8-23(29)31/h9-12,21-22H,2-8,13-18H2,1H3,(H2,26,27,28). The van der Waals surface area contributed by atoms with Crippen molar-refractivity contribution in [2.24, 2.45) is 10.9 Å². The molecule has 0 spiro atoms. The van der Waals surface area contributed by atoms with Crippen LogP contribution in [0.1, 0.15) is 62.5 Å². The number of hydrogen-bond donors (Lipinski definition) is 2. The zero-order chi connectivity index (χ0) is 22.3. The van der Waals surface area contributed by atoms with Crippen LogP contribution >= 0.6 is 0 Å². The molecular weight excluding hydrogens is 402 g/mol. The van der Waals surface area contributed by atoms with Crippen LogP contribution in [0.2, 0.25) is 0 Å². The number of nitrogens with one attached hydrogen (secondary N) is 2. The van der Waals surface area contributed by atoms with E-state index in [2.05, 4.69) is 39.9 Å². The van der Waals surface area contributed by atoms with Gasteiger partial charge in [0.25, 0.3) is 0 Å². The quantitative estimate of drug-likeness (QED) is 0.528. The van der Waals surface area contributed by atoms with Crippen LogP contribution in [0.4, 0.5) is 0 Å². The van der Waals surface area contributed by atoms with Gasteiger partial charge in [0.15, 0.2) is 5.96 Å². The predicted octanol–water partition coefficient (Wildman–Crippen LogP) is 2.66. The number of aliphatic imine (C=N–C) groups is 1. The number of amides is 2. The molecule has 7 nitrogen and oxygen atoms in total. The summed E-state index contributed by atoms with van der Waals surface area (Å²) in [6.07, 6.45) is 8.40. The van der Waals surface area contributed by atoms with Gasteiger partial charge in [-0.1, -0.05) is 43.5 Å². The van der Waals surface area contributed by atoms with Gasteiger partial charge in [-0.3, -0.25) is 14.6 Å². The maximum atomic E-state index is 12.8. The molecule has 32 heavy (non-hydrogen) atoms. The highest BCUT2D eigenvalue weighted by Crippen LogP contribution is 2.26. The highest BCUT2D eigenvalue weighted by Gasteiger charge is 2.31. The Balaban J connectivity index is 1.21. The molecular formula is C25H37N5O2. The van der Waals surface area contributed by atoms with Gasteiger partial charge in [0.05, 0.1) is 0 Å². The molecule has 1 saturated carbocycles. The number of rotatable bonds is 6. The van der Waals surface area contributed by atoms with E-state index >= 15 is 0 Å². The van der Waals surface area contributed by atoms with Crippen molar-refractivity contribution in [3.05, 3.63) is 35.4 Å². The van der Waals surface area contributed by atoms with E-state index in [0.29, 0.717) is 25.4 Å². The second-order valence-corrected chi connectivity index (χ2v) is 9.41. The minimum absolute atomic E-state index is 0.242. The predicted molar refractivity (Wildman–Crippen MR) is 126 cm³/mol. The normalized spacial score (nSPS) is 22.5. The number of carbonyl (C=O) groups is 2. The van der Waals surface area contributed by atoms with Crippen LogP contribution in [0, 0.1) is 5.92 Å². The molecule has 0 bridgehead atoms. The van der Waals surface area contributed by atoms with Gasteiger partial charge < -0.3 is 20.4 Å². The van der Waals surface area contributed by atoms with E-state index in [0.717, 1.165) is 51.3 Å². The molecule has 2 N–H and O–H groups in total. The molecule has 3 aliphatic rings. The Bertz CT molecular complexity index is 816. The number of nitrogens with zero attached hydrogens (tertiary/aromatic N) is 3. The van der Waals surface area contributed by atoms with Gasteiger partial charge in [0.2, 0.25) is 11.8 Å². The van der Waals surface area contributed by atoms with E-state index in [4.69, 9.17) is 0 Å². The first-order chi connectivity index (χ1) is 15.6. The average molecular weight is 440 g/mol. The van der Waals surface area contributed by atoms with Crippen LogP contribution in [0.3, 0.4) is 0 Å². The number of carbonyl (C=O) groups excluding carboxylic acids is 2. The molecule has 0 radical (unpaired) electrons. The van der Waals surface area contributed by atoms with Crippen molar-refractivity contribution in [3.8, 4) is 0 Å². The number of likely N-dealkylation sites (tertiary alicyclic amines) is 2. The summed E-state index contributed by atoms with van der Waals surface area (Å²) >= 11 is 0. The largest absolute Gasteiger partial charge is 0.352 e. The fraction of sp³-hybridized carbons (Fsp3) is 0.640. The van der Waals surface area contributed by atoms with Crippen LogP contribution in [0.25, 0.3) is 0 Å². The summed E-state index contributed by atoms with van der Waals surface area (Å²) in [5, 5.41) is 6.88. The minimum atomic E-state index is 0.242. The van der Waals surface area contributed by atoms with Gasteiger partial charge in [-0.25, -0.2) is 0 Å². The second-order valence-electron chi connectivity index (χ2n) is 9.41. The summed E-state index contributed by atoms with van der Waals surface area (Å²) in [7, 11) is 1.78. The zero-order valence-electron chi connectivity index (χ0n) is 19.3. The Kier molecular flexibility index (Phi) is 7.66. The molecule has 2 saturated heterocycles. The van der Waals surface area contributed by atoms with E-state index in [9.17, 15) is 9.59 Å². The second kappa shape index (κ2) is 10.8. The van der Waals surface area contributed by atoms with E-state index in [1.165, 1.54) is 30.4 Å². The van der Waals surface area contributed by atoms with Crippen LogP contribution in [-0.2, 0) is 22.7 Å². The van der Waals surface area contributed by atoms with Gasteiger partial charge in [0.1, 0.15) is 0 Å². The molecule has 3 fully saturated rings. The molecule has 1 aromatic carbocycles. The molecule has 2 aliphatic heterocycles. The van der Waals surface area contributed by atoms with Crippen molar-refractivity contribution in [2.45, 2.75) is 70.5 Å². The Morgan fingerprint density at radius 1 is 1.03 bits per heavy atom. The maximum Gasteiger partial charge on any atom is 0.225 e. The van der Waals surface area contributed by atoms with Gasteiger partial charge in [-0.05, 0) is 36.8 Å². The highest BCUT2D eigenvalue weighted by molar-refractivity contribution is 5.81. The van der Waals surface area contributed by atoms with Crippen molar-refractivity contribution in [3.63, 3.8) is 0 Å². The third-order valence-corrected chi connectivity index (χ3v) is 7.05. The third-order valence-electron chi connectivity index (χ3n) is 7.05. The Labute approximate surface area is 191 Å². The lowest BCUT2D eigenvalue weighted by atomic mass is 9.88. The van der Waals surface area contributed by atoms with Gasteiger partial charge in [-0.2, -0.15) is 0 Å². The molecule has 174 valence electrons. The number of benzene rings is 1. The fourth-order valence-electron chi connectivity index (χ4n) is 5.11. The van der Waals surface area contributed by atoms with E-state index < -0.39 is 0 Å². The number of hydrogen-bond acceptors (Lipinski definition) is 3. The molecule has 1 aliphatic carbocycles. The van der Waals surface area contributed by atoms with Crippen LogP contribution in [0.15, 0.2) is 29.3 Å². The summed E-state index contributed by atoms with van der Waals surface area (Å²) in [5.74, 6) is 1.63. The molecule has 2 heterocycles. The Morgan fingerprint density at radius 3 is 2.47 bits per heavy atom. The van der Waals surface area contributed by atoms with Crippen molar-refractivity contribution >= 4 is 17.8 Å². The fourth-order valence-corrected chi connectivity index (χ4v) is 5.11. The van der Waals surface area contributed by atoms with Crippen LogP contribution in [0.5, 0.6) is 0 Å². The summed E-state index contributed by atoms with van der Waals surface area (Å²) in [4.78, 5) is 33.0. The SMILES string of the molecule is CN=C(NCc1ccc(CN2CCCC2=O)cc1)NC1CCN(C(=O)C2CCCCC2)C1. The lowest BCUT2D eigenvalue weighted by molar-refractivity contribution is -0.135. The molecule has 1 aromatic rings. The lowest BCUT2D eigenvalue weighted by Gasteiger charge is -2.26. The molecule has 1 unspecified atom stereocenters. The van der Waals surface area contributed by atoms with Crippen molar-refractivity contribution in [1.29, 1.82) is 0 Å². The van der Waals surface area contributed by atoms with Crippen molar-refractivity contribution in [2.75, 3.05) is 26.7 Å². The number of guanidine groups is 1. The molecule has 0 aromatic heterocycles. The average Bonchev–Trinajstić information content (AvgIpc) is 3.46. The van der Waals surface area contributed by atoms with E-state index in [1.807, 2.05) is 9.80 Å². The highest BCUT2D eigenvalue weighted by atomic mass is 16.2. The molecule has 2 amide bonds. The minimum Gasteiger partial charge on any atom is -0.352 e. The Hall–Kier alpha value is -2.57. The van der Waals surface area contributed by atoms with Gasteiger partial charge >= 0.3 is 0 Å². The Morgan fingerprint density at radius 2 is 1.78 bits per heavy atom. The van der Waals surface area contributed by atoms with E-state index in [-0.39, 0.29) is 17.9 Å². The first-order valence-electron chi connectivity index (χ1n) is 12.2. The monoisotopic (exact) mass is 439 g/mol. The van der Waals surface area contributed by atoms with E-state index in [1.54, 1.807) is 7.05 Å². The summed E-state index contributed by atoms with van der Waals surface area (Å²) in [6.45, 7) is 3.85. The van der Waals surface area contributed by atoms with Crippen molar-refractivity contribution < 1.29 is 9.59 Å². The van der Waals surface area contributed by atoms with Gasteiger partial charge in [-0.15, -0.1) is 0 Å². The summed E-state index contributed by atoms with van der Waals surface area (Å²) < 4.78 is 0. The summed E-state index contributed by atoms with van der Waals surface area (Å²) in [5.41, 5.74) is 2.34. The van der Waals surface area contributed by atoms with Gasteiger partial charge in [0, 0.05) is 58.2 Å². The lowest BCUT2D eigenvalue weighted by Crippen LogP contribution is -2.45. The smallest absolute Gasteiger partial charge is 0.225 e.